The molecule has 2 aromatic carbocycles. The van der Waals surface area contributed by atoms with Crippen LogP contribution in [-0.2, 0) is 5.60 Å². The molecule has 140 valence electrons. The third kappa shape index (κ3) is 4.67. The number of nitrogens with zero attached hydrogens (tertiary/aromatic N) is 1. The van der Waals surface area contributed by atoms with E-state index in [2.05, 4.69) is 11.8 Å². The average molecular weight is 374 g/mol. The molecule has 2 rings (SSSR count). The maximum atomic E-state index is 11.8. The summed E-state index contributed by atoms with van der Waals surface area (Å²) in [5.41, 5.74) is 1.60. The van der Waals surface area contributed by atoms with Gasteiger partial charge in [0.05, 0.1) is 7.11 Å². The largest absolute Gasteiger partial charge is 0.497 e. The predicted molar refractivity (Wildman–Crippen MR) is 110 cm³/mol. The number of hydrogen-bond donors (Lipinski definition) is 1. The van der Waals surface area contributed by atoms with Crippen LogP contribution >= 0.6 is 11.6 Å². The molecule has 0 aliphatic rings. The normalized spacial score (nSPS) is 15.6. The molecule has 26 heavy (non-hydrogen) atoms. The Morgan fingerprint density at radius 1 is 1.23 bits per heavy atom. The molecule has 0 amide bonds. The van der Waals surface area contributed by atoms with E-state index in [1.807, 2.05) is 75.6 Å². The molecule has 0 radical (unpaired) electrons. The summed E-state index contributed by atoms with van der Waals surface area (Å²) >= 11 is 5.99. The van der Waals surface area contributed by atoms with Gasteiger partial charge in [-0.2, -0.15) is 0 Å². The van der Waals surface area contributed by atoms with Gasteiger partial charge in [0.15, 0.2) is 0 Å². The minimum absolute atomic E-state index is 0.0202. The van der Waals surface area contributed by atoms with Crippen LogP contribution in [0, 0.1) is 5.92 Å². The Balaban J connectivity index is 2.53. The zero-order chi connectivity index (χ0) is 19.3. The fourth-order valence-electron chi connectivity index (χ4n) is 3.36. The van der Waals surface area contributed by atoms with Crippen molar-refractivity contribution in [3.05, 3.63) is 70.3 Å². The number of hydrogen-bond acceptors (Lipinski definition) is 3. The first-order chi connectivity index (χ1) is 12.3. The second kappa shape index (κ2) is 8.72. The first-order valence-electron chi connectivity index (χ1n) is 8.73. The van der Waals surface area contributed by atoms with E-state index in [9.17, 15) is 5.11 Å². The van der Waals surface area contributed by atoms with Gasteiger partial charge in [0.25, 0.3) is 0 Å². The Morgan fingerprint density at radius 2 is 1.88 bits per heavy atom. The van der Waals surface area contributed by atoms with Crippen LogP contribution in [-0.4, -0.2) is 37.8 Å². The number of methoxy groups -OCH3 is 1. The van der Waals surface area contributed by atoms with E-state index in [0.29, 0.717) is 5.02 Å². The molecule has 0 aliphatic carbocycles. The van der Waals surface area contributed by atoms with Gasteiger partial charge in [0.2, 0.25) is 0 Å². The minimum atomic E-state index is -1.11. The topological polar surface area (TPSA) is 32.7 Å². The number of rotatable bonds is 7. The molecule has 1 N–H and O–H groups in total. The van der Waals surface area contributed by atoms with E-state index in [1.165, 1.54) is 0 Å². The summed E-state index contributed by atoms with van der Waals surface area (Å²) in [6, 6.07) is 15.3. The first-order valence-corrected chi connectivity index (χ1v) is 9.11. The highest BCUT2D eigenvalue weighted by Gasteiger charge is 2.38. The van der Waals surface area contributed by atoms with Crippen LogP contribution in [0.4, 0.5) is 0 Å². The van der Waals surface area contributed by atoms with Gasteiger partial charge in [0, 0.05) is 17.5 Å². The first kappa shape index (κ1) is 20.5. The van der Waals surface area contributed by atoms with Crippen molar-refractivity contribution < 1.29 is 9.84 Å². The maximum Gasteiger partial charge on any atom is 0.119 e. The SMILES string of the molecule is COc1cccc(C(O)(/C(C)=C/c2ccc(Cl)cc2)C(C)CN(C)C)c1. The van der Waals surface area contributed by atoms with Crippen molar-refractivity contribution in [1.82, 2.24) is 4.90 Å². The number of aliphatic hydroxyl groups is 1. The highest BCUT2D eigenvalue weighted by atomic mass is 35.5. The summed E-state index contributed by atoms with van der Waals surface area (Å²) in [7, 11) is 5.67. The third-order valence-corrected chi connectivity index (χ3v) is 4.97. The summed E-state index contributed by atoms with van der Waals surface area (Å²) in [5.74, 6) is 0.713. The van der Waals surface area contributed by atoms with E-state index in [4.69, 9.17) is 16.3 Å². The lowest BCUT2D eigenvalue weighted by Gasteiger charge is -2.37. The quantitative estimate of drug-likeness (QED) is 0.753. The molecule has 0 aliphatic heterocycles. The molecule has 0 aromatic heterocycles. The van der Waals surface area contributed by atoms with Crippen molar-refractivity contribution in [3.63, 3.8) is 0 Å². The van der Waals surface area contributed by atoms with Gasteiger partial charge in [-0.3, -0.25) is 0 Å². The maximum absolute atomic E-state index is 11.8. The second-order valence-corrected chi connectivity index (χ2v) is 7.48. The number of ether oxygens (including phenoxy) is 1. The van der Waals surface area contributed by atoms with Crippen LogP contribution < -0.4 is 4.74 Å². The molecule has 0 spiro atoms. The predicted octanol–water partition coefficient (Wildman–Crippen LogP) is 4.84. The van der Waals surface area contributed by atoms with Crippen LogP contribution in [0.25, 0.3) is 6.08 Å². The van der Waals surface area contributed by atoms with E-state index in [-0.39, 0.29) is 5.92 Å². The second-order valence-electron chi connectivity index (χ2n) is 7.04. The molecule has 0 fully saturated rings. The molecule has 0 saturated heterocycles. The van der Waals surface area contributed by atoms with Gasteiger partial charge in [0.1, 0.15) is 11.4 Å². The molecular formula is C22H28ClNO2. The molecule has 2 atom stereocenters. The summed E-state index contributed by atoms with van der Waals surface area (Å²) in [6.45, 7) is 4.79. The molecule has 0 bridgehead atoms. The molecule has 3 nitrogen and oxygen atoms in total. The van der Waals surface area contributed by atoms with Crippen molar-refractivity contribution in [2.45, 2.75) is 19.4 Å². The number of benzene rings is 2. The molecular weight excluding hydrogens is 346 g/mol. The highest BCUT2D eigenvalue weighted by Crippen LogP contribution is 2.39. The van der Waals surface area contributed by atoms with E-state index in [1.54, 1.807) is 7.11 Å². The van der Waals surface area contributed by atoms with Crippen molar-refractivity contribution in [2.75, 3.05) is 27.7 Å². The third-order valence-electron chi connectivity index (χ3n) is 4.72. The van der Waals surface area contributed by atoms with E-state index >= 15 is 0 Å². The molecule has 0 saturated carbocycles. The zero-order valence-electron chi connectivity index (χ0n) is 16.2. The smallest absolute Gasteiger partial charge is 0.119 e. The Labute approximate surface area is 161 Å². The monoisotopic (exact) mass is 373 g/mol. The van der Waals surface area contributed by atoms with Crippen LogP contribution in [0.5, 0.6) is 5.75 Å². The lowest BCUT2D eigenvalue weighted by atomic mass is 9.76. The Hall–Kier alpha value is -1.81. The standard InChI is InChI=1S/C22H28ClNO2/c1-16(13-18-9-11-20(23)12-10-18)22(25,17(2)15-24(3)4)19-7-6-8-21(14-19)26-5/h6-14,17,25H,15H2,1-5H3/b16-13+. The Bertz CT molecular complexity index is 755. The zero-order valence-corrected chi connectivity index (χ0v) is 16.9. The fourth-order valence-corrected chi connectivity index (χ4v) is 3.49. The van der Waals surface area contributed by atoms with Gasteiger partial charge in [-0.25, -0.2) is 0 Å². The molecule has 2 unspecified atom stereocenters. The van der Waals surface area contributed by atoms with Crippen molar-refractivity contribution in [2.24, 2.45) is 5.92 Å². The van der Waals surface area contributed by atoms with Crippen LogP contribution in [0.15, 0.2) is 54.1 Å². The Morgan fingerprint density at radius 3 is 2.46 bits per heavy atom. The summed E-state index contributed by atoms with van der Waals surface area (Å²) in [4.78, 5) is 2.09. The summed E-state index contributed by atoms with van der Waals surface area (Å²) in [5, 5.41) is 12.5. The minimum Gasteiger partial charge on any atom is -0.497 e. The van der Waals surface area contributed by atoms with Crippen molar-refractivity contribution in [1.29, 1.82) is 0 Å². The summed E-state index contributed by atoms with van der Waals surface area (Å²) in [6.07, 6.45) is 2.02. The lowest BCUT2D eigenvalue weighted by Crippen LogP contribution is -2.40. The highest BCUT2D eigenvalue weighted by molar-refractivity contribution is 6.30. The van der Waals surface area contributed by atoms with Gasteiger partial charge in [-0.05, 0) is 62.0 Å². The van der Waals surface area contributed by atoms with Crippen LogP contribution in [0.3, 0.4) is 0 Å². The molecule has 4 heteroatoms. The van der Waals surface area contributed by atoms with Gasteiger partial charge < -0.3 is 14.7 Å². The number of halogens is 1. The van der Waals surface area contributed by atoms with Gasteiger partial charge in [-0.15, -0.1) is 0 Å². The van der Waals surface area contributed by atoms with E-state index < -0.39 is 5.60 Å². The molecule has 2 aromatic rings. The van der Waals surface area contributed by atoms with Crippen LogP contribution in [0.1, 0.15) is 25.0 Å². The Kier molecular flexibility index (Phi) is 6.87. The van der Waals surface area contributed by atoms with Crippen molar-refractivity contribution >= 4 is 17.7 Å². The van der Waals surface area contributed by atoms with Gasteiger partial charge in [-0.1, -0.05) is 48.9 Å². The van der Waals surface area contributed by atoms with E-state index in [0.717, 1.165) is 29.0 Å². The van der Waals surface area contributed by atoms with Crippen LogP contribution in [0.2, 0.25) is 5.02 Å². The average Bonchev–Trinajstić information content (AvgIpc) is 2.62. The fraction of sp³-hybridized carbons (Fsp3) is 0.364. The lowest BCUT2D eigenvalue weighted by molar-refractivity contribution is 0.0104. The van der Waals surface area contributed by atoms with Crippen molar-refractivity contribution in [3.8, 4) is 5.75 Å². The molecule has 0 heterocycles. The van der Waals surface area contributed by atoms with Gasteiger partial charge >= 0.3 is 0 Å². The summed E-state index contributed by atoms with van der Waals surface area (Å²) < 4.78 is 5.37.